The van der Waals surface area contributed by atoms with Crippen molar-refractivity contribution in [3.8, 4) is 6.07 Å². The molecule has 0 saturated heterocycles. The first-order chi connectivity index (χ1) is 15.8. The van der Waals surface area contributed by atoms with Crippen LogP contribution in [0.5, 0.6) is 0 Å². The van der Waals surface area contributed by atoms with Crippen molar-refractivity contribution in [3.63, 3.8) is 0 Å². The molecule has 3 rings (SSSR count). The summed E-state index contributed by atoms with van der Waals surface area (Å²) >= 11 is 0. The number of hydrogen-bond acceptors (Lipinski definition) is 1. The van der Waals surface area contributed by atoms with Gasteiger partial charge in [-0.05, 0) is 86.2 Å². The number of allylic oxidation sites excluding steroid dienone is 4. The molecule has 1 aromatic rings. The number of hydrogen-bond donors (Lipinski definition) is 0. The van der Waals surface area contributed by atoms with Gasteiger partial charge in [0.1, 0.15) is 0 Å². The number of aryl methyl sites for hydroxylation is 1. The third kappa shape index (κ3) is 8.61. The van der Waals surface area contributed by atoms with Gasteiger partial charge >= 0.3 is 0 Å². The largest absolute Gasteiger partial charge is 0.193 e. The van der Waals surface area contributed by atoms with Gasteiger partial charge in [-0.2, -0.15) is 5.26 Å². The van der Waals surface area contributed by atoms with Crippen LogP contribution in [0.1, 0.15) is 114 Å². The second-order valence-electron chi connectivity index (χ2n) is 10.5. The average molecular weight is 432 g/mol. The summed E-state index contributed by atoms with van der Waals surface area (Å²) in [5, 5.41) is 8.50. The van der Waals surface area contributed by atoms with Crippen LogP contribution in [0.4, 0.5) is 0 Å². The van der Waals surface area contributed by atoms with Crippen molar-refractivity contribution >= 4 is 0 Å². The smallest absolute Gasteiger partial charge is 0.0912 e. The van der Waals surface area contributed by atoms with Crippen LogP contribution in [0.3, 0.4) is 0 Å². The normalized spacial score (nSPS) is 26.5. The van der Waals surface area contributed by atoms with Gasteiger partial charge in [-0.25, -0.2) is 0 Å². The van der Waals surface area contributed by atoms with Crippen LogP contribution in [0, 0.1) is 29.1 Å². The Kier molecular flexibility index (Phi) is 11.1. The third-order valence-corrected chi connectivity index (χ3v) is 8.23. The molecule has 174 valence electrons. The summed E-state index contributed by atoms with van der Waals surface area (Å²) < 4.78 is 0. The summed E-state index contributed by atoms with van der Waals surface area (Å²) in [5.41, 5.74) is 3.11. The molecule has 2 aliphatic carbocycles. The lowest BCUT2D eigenvalue weighted by atomic mass is 9.74. The van der Waals surface area contributed by atoms with Gasteiger partial charge in [-0.3, -0.25) is 0 Å². The minimum Gasteiger partial charge on any atom is -0.193 e. The second kappa shape index (κ2) is 14.4. The third-order valence-electron chi connectivity index (χ3n) is 8.23. The summed E-state index contributed by atoms with van der Waals surface area (Å²) in [7, 11) is 0. The molecule has 0 unspecified atom stereocenters. The minimum atomic E-state index is 0.811. The highest BCUT2D eigenvalue weighted by atomic mass is 14.3. The Morgan fingerprint density at radius 2 is 1.41 bits per heavy atom. The lowest BCUT2D eigenvalue weighted by Crippen LogP contribution is -2.17. The first kappa shape index (κ1) is 24.8. The Bertz CT molecular complexity index is 719. The number of nitrogens with zero attached hydrogens (tertiary/aromatic N) is 1. The molecule has 0 bridgehead atoms. The monoisotopic (exact) mass is 431 g/mol. The zero-order chi connectivity index (χ0) is 22.4. The van der Waals surface area contributed by atoms with E-state index in [1.807, 2.05) is 18.2 Å². The van der Waals surface area contributed by atoms with E-state index in [9.17, 15) is 0 Å². The Labute approximate surface area is 198 Å². The first-order valence-corrected chi connectivity index (χ1v) is 13.6. The summed E-state index contributed by atoms with van der Waals surface area (Å²) in [6.45, 7) is 2.28. The maximum absolute atomic E-state index is 8.50. The van der Waals surface area contributed by atoms with Crippen LogP contribution in [-0.4, -0.2) is 0 Å². The first-order valence-electron chi connectivity index (χ1n) is 13.6. The standard InChI is InChI=1S/C31H45N/c1-2-3-9-26-17-21-30(22-18-26)31-23-19-29(20-24-31)16-15-28-13-11-27(12-14-28)10-7-5-4-6-8-25-32/h4-6,8,17-18,21-22,27-29,31H,2-3,7,9-16,19-20,23-24H2,1H3/t27-,28-,29-,31-. The molecular weight excluding hydrogens is 386 g/mol. The molecule has 0 heterocycles. The van der Waals surface area contributed by atoms with Crippen LogP contribution in [0.15, 0.2) is 48.6 Å². The van der Waals surface area contributed by atoms with Crippen LogP contribution in [0.25, 0.3) is 0 Å². The van der Waals surface area contributed by atoms with Crippen molar-refractivity contribution in [1.82, 2.24) is 0 Å². The fourth-order valence-electron chi connectivity index (χ4n) is 6.01. The molecule has 2 fully saturated rings. The van der Waals surface area contributed by atoms with Crippen molar-refractivity contribution in [2.45, 2.75) is 109 Å². The van der Waals surface area contributed by atoms with Gasteiger partial charge in [0.05, 0.1) is 6.07 Å². The number of unbranched alkanes of at least 4 members (excludes halogenated alkanes) is 1. The summed E-state index contributed by atoms with van der Waals surface area (Å²) in [5.74, 6) is 3.72. The van der Waals surface area contributed by atoms with Gasteiger partial charge in [0, 0.05) is 6.08 Å². The van der Waals surface area contributed by atoms with E-state index in [1.165, 1.54) is 95.5 Å². The Balaban J connectivity index is 1.28. The molecule has 1 aromatic carbocycles. The lowest BCUT2D eigenvalue weighted by molar-refractivity contribution is 0.225. The predicted octanol–water partition coefficient (Wildman–Crippen LogP) is 9.31. The highest BCUT2D eigenvalue weighted by Crippen LogP contribution is 2.40. The van der Waals surface area contributed by atoms with Gasteiger partial charge in [0.25, 0.3) is 0 Å². The van der Waals surface area contributed by atoms with E-state index >= 15 is 0 Å². The van der Waals surface area contributed by atoms with Crippen LogP contribution in [0.2, 0.25) is 0 Å². The lowest BCUT2D eigenvalue weighted by Gasteiger charge is -2.32. The number of benzene rings is 1. The maximum Gasteiger partial charge on any atom is 0.0912 e. The minimum absolute atomic E-state index is 0.811. The zero-order valence-corrected chi connectivity index (χ0v) is 20.5. The molecule has 1 heteroatoms. The number of rotatable bonds is 11. The van der Waals surface area contributed by atoms with Gasteiger partial charge in [-0.1, -0.05) is 94.4 Å². The Morgan fingerprint density at radius 3 is 2.00 bits per heavy atom. The molecule has 0 aliphatic heterocycles. The van der Waals surface area contributed by atoms with E-state index < -0.39 is 0 Å². The van der Waals surface area contributed by atoms with Crippen molar-refractivity contribution in [2.24, 2.45) is 17.8 Å². The summed E-state index contributed by atoms with van der Waals surface area (Å²) in [6, 6.07) is 11.7. The van der Waals surface area contributed by atoms with E-state index in [4.69, 9.17) is 5.26 Å². The molecule has 32 heavy (non-hydrogen) atoms. The van der Waals surface area contributed by atoms with Crippen LogP contribution in [-0.2, 0) is 6.42 Å². The molecule has 1 nitrogen and oxygen atoms in total. The maximum atomic E-state index is 8.50. The number of nitriles is 1. The summed E-state index contributed by atoms with van der Waals surface area (Å²) in [6.07, 6.45) is 28.4. The quantitative estimate of drug-likeness (QED) is 0.253. The van der Waals surface area contributed by atoms with E-state index in [1.54, 1.807) is 11.6 Å². The highest BCUT2D eigenvalue weighted by molar-refractivity contribution is 5.26. The zero-order valence-electron chi connectivity index (χ0n) is 20.5. The van der Waals surface area contributed by atoms with Gasteiger partial charge < -0.3 is 0 Å². The fraction of sp³-hybridized carbons (Fsp3) is 0.645. The van der Waals surface area contributed by atoms with Crippen molar-refractivity contribution in [3.05, 3.63) is 59.7 Å². The molecule has 2 saturated carbocycles. The van der Waals surface area contributed by atoms with E-state index in [0.717, 1.165) is 30.1 Å². The second-order valence-corrected chi connectivity index (χ2v) is 10.5. The molecule has 0 amide bonds. The van der Waals surface area contributed by atoms with Gasteiger partial charge in [0.2, 0.25) is 0 Å². The predicted molar refractivity (Wildman–Crippen MR) is 138 cm³/mol. The SMILES string of the molecule is CCCCc1ccc([C@H]2CC[C@H](CC[C@H]3CC[C@H](CCC=CC=CC#N)CC3)CC2)cc1. The average Bonchev–Trinajstić information content (AvgIpc) is 2.85. The van der Waals surface area contributed by atoms with Gasteiger partial charge in [-0.15, -0.1) is 0 Å². The van der Waals surface area contributed by atoms with Crippen LogP contribution >= 0.6 is 0 Å². The summed E-state index contributed by atoms with van der Waals surface area (Å²) in [4.78, 5) is 0. The molecule has 2 aliphatic rings. The topological polar surface area (TPSA) is 23.8 Å². The van der Waals surface area contributed by atoms with E-state index in [-0.39, 0.29) is 0 Å². The molecule has 0 N–H and O–H groups in total. The highest BCUT2D eigenvalue weighted by Gasteiger charge is 2.25. The molecule has 0 atom stereocenters. The fourth-order valence-corrected chi connectivity index (χ4v) is 6.01. The van der Waals surface area contributed by atoms with Crippen LogP contribution < -0.4 is 0 Å². The Hall–Kier alpha value is -1.81. The van der Waals surface area contributed by atoms with Crippen molar-refractivity contribution in [2.75, 3.05) is 0 Å². The Morgan fingerprint density at radius 1 is 0.812 bits per heavy atom. The molecule has 0 radical (unpaired) electrons. The van der Waals surface area contributed by atoms with Gasteiger partial charge in [0.15, 0.2) is 0 Å². The molecule has 0 spiro atoms. The molecule has 0 aromatic heterocycles. The van der Waals surface area contributed by atoms with Crippen molar-refractivity contribution < 1.29 is 0 Å². The van der Waals surface area contributed by atoms with E-state index in [2.05, 4.69) is 37.3 Å². The van der Waals surface area contributed by atoms with E-state index in [0.29, 0.717) is 0 Å². The molecular formula is C31H45N. The van der Waals surface area contributed by atoms with Crippen molar-refractivity contribution in [1.29, 1.82) is 5.26 Å².